The molecule has 0 rings (SSSR count). The molecule has 1 amide bonds. The van der Waals surface area contributed by atoms with Crippen LogP contribution in [0.1, 0.15) is 309 Å². The second-order valence-corrected chi connectivity index (χ2v) is 23.5. The van der Waals surface area contributed by atoms with Gasteiger partial charge in [0.25, 0.3) is 0 Å². The summed E-state index contributed by atoms with van der Waals surface area (Å²) in [4.78, 5) is 23.3. The second-order valence-electron chi connectivity index (χ2n) is 22.1. The molecule has 0 aromatic heterocycles. The quantitative estimate of drug-likeness (QED) is 0.0243. The molecule has 0 saturated carbocycles. The van der Waals surface area contributed by atoms with Gasteiger partial charge in [-0.25, -0.2) is 4.57 Å². The van der Waals surface area contributed by atoms with Crippen molar-refractivity contribution in [3.05, 3.63) is 12.2 Å². The molecular weight excluding hydrogens is 864 g/mol. The molecule has 3 atom stereocenters. The van der Waals surface area contributed by atoms with E-state index in [-0.39, 0.29) is 19.1 Å². The van der Waals surface area contributed by atoms with Gasteiger partial charge in [0, 0.05) is 6.42 Å². The van der Waals surface area contributed by atoms with Crippen LogP contribution in [0.25, 0.3) is 0 Å². The minimum absolute atomic E-state index is 0.0775. The lowest BCUT2D eigenvalue weighted by Gasteiger charge is -2.26. The summed E-state index contributed by atoms with van der Waals surface area (Å²) >= 11 is 0. The van der Waals surface area contributed by atoms with Crippen LogP contribution < -0.4 is 5.32 Å². The van der Waals surface area contributed by atoms with Gasteiger partial charge in [-0.3, -0.25) is 13.8 Å². The molecule has 0 aromatic rings. The van der Waals surface area contributed by atoms with Gasteiger partial charge in [0.2, 0.25) is 5.91 Å². The third-order valence-electron chi connectivity index (χ3n) is 14.0. The van der Waals surface area contributed by atoms with Gasteiger partial charge in [0.1, 0.15) is 13.2 Å². The summed E-state index contributed by atoms with van der Waals surface area (Å²) in [5.74, 6) is -0.139. The number of allylic oxidation sites excluding steroid dienone is 2. The van der Waals surface area contributed by atoms with Gasteiger partial charge in [-0.05, 0) is 38.5 Å². The number of quaternary nitrogens is 1. The Balaban J connectivity index is 4.06. The van der Waals surface area contributed by atoms with E-state index in [9.17, 15) is 19.4 Å². The number of aliphatic hydroxyl groups is 1. The molecule has 68 heavy (non-hydrogen) atoms. The van der Waals surface area contributed by atoms with Crippen molar-refractivity contribution in [1.29, 1.82) is 0 Å². The molecule has 0 aliphatic heterocycles. The Morgan fingerprint density at radius 2 is 0.794 bits per heavy atom. The molecule has 8 nitrogen and oxygen atoms in total. The highest BCUT2D eigenvalue weighted by molar-refractivity contribution is 7.47. The van der Waals surface area contributed by atoms with Gasteiger partial charge in [0.05, 0.1) is 39.9 Å². The van der Waals surface area contributed by atoms with Gasteiger partial charge in [0.15, 0.2) is 0 Å². The van der Waals surface area contributed by atoms with Gasteiger partial charge < -0.3 is 19.8 Å². The number of phosphoric acid groups is 1. The summed E-state index contributed by atoms with van der Waals surface area (Å²) in [6.07, 6.45) is 62.8. The van der Waals surface area contributed by atoms with E-state index in [0.717, 1.165) is 38.5 Å². The fourth-order valence-electron chi connectivity index (χ4n) is 9.28. The predicted molar refractivity (Wildman–Crippen MR) is 295 cm³/mol. The average Bonchev–Trinajstić information content (AvgIpc) is 3.30. The van der Waals surface area contributed by atoms with Crippen LogP contribution in [0.5, 0.6) is 0 Å². The number of carbonyl (C=O) groups is 1. The van der Waals surface area contributed by atoms with E-state index in [1.54, 1.807) is 0 Å². The van der Waals surface area contributed by atoms with Crippen molar-refractivity contribution in [3.8, 4) is 0 Å². The first kappa shape index (κ1) is 67.2. The lowest BCUT2D eigenvalue weighted by molar-refractivity contribution is -0.870. The van der Waals surface area contributed by atoms with E-state index in [4.69, 9.17) is 9.05 Å². The molecule has 0 bridgehead atoms. The second kappa shape index (κ2) is 51.2. The summed E-state index contributed by atoms with van der Waals surface area (Å²) in [6.45, 7) is 4.94. The van der Waals surface area contributed by atoms with Crippen LogP contribution in [-0.4, -0.2) is 73.4 Å². The Hall–Kier alpha value is -0.760. The summed E-state index contributed by atoms with van der Waals surface area (Å²) in [6, 6.07) is -0.758. The predicted octanol–water partition coefficient (Wildman–Crippen LogP) is 18.2. The molecule has 0 heterocycles. The molecule has 3 unspecified atom stereocenters. The van der Waals surface area contributed by atoms with Crippen molar-refractivity contribution >= 4 is 13.7 Å². The number of phosphoric ester groups is 1. The van der Waals surface area contributed by atoms with E-state index in [1.807, 2.05) is 21.1 Å². The van der Waals surface area contributed by atoms with Gasteiger partial charge >= 0.3 is 7.82 Å². The van der Waals surface area contributed by atoms with E-state index in [2.05, 4.69) is 31.3 Å². The van der Waals surface area contributed by atoms with E-state index in [1.165, 1.54) is 244 Å². The fraction of sp³-hybridized carbons (Fsp3) is 0.949. The highest BCUT2D eigenvalue weighted by Gasteiger charge is 2.28. The average molecular weight is 985 g/mol. The Morgan fingerprint density at radius 1 is 0.485 bits per heavy atom. The molecule has 0 fully saturated rings. The summed E-state index contributed by atoms with van der Waals surface area (Å²) in [5, 5.41) is 14.1. The number of nitrogens with one attached hydrogen (secondary N) is 1. The van der Waals surface area contributed by atoms with Crippen LogP contribution in [0.2, 0.25) is 0 Å². The number of hydrogen-bond acceptors (Lipinski definition) is 5. The molecule has 0 aliphatic rings. The van der Waals surface area contributed by atoms with Crippen LogP contribution >= 0.6 is 7.82 Å². The zero-order chi connectivity index (χ0) is 49.9. The van der Waals surface area contributed by atoms with Crippen molar-refractivity contribution < 1.29 is 32.9 Å². The normalized spacial score (nSPS) is 13.9. The number of unbranched alkanes of at least 4 members (excludes halogenated alkanes) is 41. The fourth-order valence-corrected chi connectivity index (χ4v) is 10.0. The SMILES string of the molecule is CCCCCCCCCCCCCC/C=C\CCCCCCCCCCCCCCCC(=O)NC(COP(=O)(O)OCC[N+](C)(C)C)C(O)CCCCCCCCCCCCCCCCCCC. The maximum Gasteiger partial charge on any atom is 0.472 e. The third kappa shape index (κ3) is 53.0. The highest BCUT2D eigenvalue weighted by Crippen LogP contribution is 2.43. The zero-order valence-corrected chi connectivity index (χ0v) is 47.3. The monoisotopic (exact) mass is 984 g/mol. The molecule has 0 spiro atoms. The smallest absolute Gasteiger partial charge is 0.391 e. The minimum Gasteiger partial charge on any atom is -0.391 e. The van der Waals surface area contributed by atoms with E-state index >= 15 is 0 Å². The Bertz CT molecular complexity index is 1120. The maximum atomic E-state index is 13.0. The van der Waals surface area contributed by atoms with Crippen molar-refractivity contribution in [2.45, 2.75) is 321 Å². The van der Waals surface area contributed by atoms with Gasteiger partial charge in [-0.1, -0.05) is 276 Å². The van der Waals surface area contributed by atoms with Crippen LogP contribution in [0.4, 0.5) is 0 Å². The number of likely N-dealkylation sites (N-methyl/N-ethyl adjacent to an activating group) is 1. The first-order valence-electron chi connectivity index (χ1n) is 30.1. The molecule has 0 saturated heterocycles. The van der Waals surface area contributed by atoms with Crippen LogP contribution in [-0.2, 0) is 18.4 Å². The molecule has 0 radical (unpaired) electrons. The first-order valence-corrected chi connectivity index (χ1v) is 31.5. The standard InChI is InChI=1S/C59H119N2O6P/c1-6-8-10-12-14-16-18-20-22-24-25-26-27-28-29-30-31-32-33-34-35-37-39-41-43-45-47-49-51-53-59(63)60-57(56-67-68(64,65)66-55-54-61(3,4)5)58(62)52-50-48-46-44-42-40-38-36-23-21-19-17-15-13-11-9-7-2/h28-29,57-58,62H,6-27,30-56H2,1-5H3,(H-,60,63,64,65)/p+1/b29-28-. The topological polar surface area (TPSA) is 105 Å². The number of rotatable bonds is 56. The number of amides is 1. The van der Waals surface area contributed by atoms with Gasteiger partial charge in [-0.15, -0.1) is 0 Å². The van der Waals surface area contributed by atoms with Crippen LogP contribution in [0.15, 0.2) is 12.2 Å². The number of carbonyl (C=O) groups excluding carboxylic acids is 1. The summed E-state index contributed by atoms with van der Waals surface area (Å²) in [5.41, 5.74) is 0. The van der Waals surface area contributed by atoms with Crippen molar-refractivity contribution in [2.75, 3.05) is 40.9 Å². The van der Waals surface area contributed by atoms with Crippen molar-refractivity contribution in [1.82, 2.24) is 5.32 Å². The Kier molecular flexibility index (Phi) is 50.6. The summed E-state index contributed by atoms with van der Waals surface area (Å²) in [7, 11) is 1.63. The zero-order valence-electron chi connectivity index (χ0n) is 46.4. The number of hydrogen-bond donors (Lipinski definition) is 3. The Labute approximate surface area is 424 Å². The molecule has 0 aliphatic carbocycles. The third-order valence-corrected chi connectivity index (χ3v) is 15.0. The Morgan fingerprint density at radius 3 is 1.13 bits per heavy atom. The van der Waals surface area contributed by atoms with Gasteiger partial charge in [-0.2, -0.15) is 0 Å². The molecular formula is C59H120N2O6P+. The van der Waals surface area contributed by atoms with E-state index < -0.39 is 20.0 Å². The summed E-state index contributed by atoms with van der Waals surface area (Å²) < 4.78 is 23.8. The number of aliphatic hydroxyl groups excluding tert-OH is 1. The van der Waals surface area contributed by atoms with Crippen molar-refractivity contribution in [2.24, 2.45) is 0 Å². The lowest BCUT2D eigenvalue weighted by atomic mass is 10.0. The minimum atomic E-state index is -4.32. The van der Waals surface area contributed by atoms with Crippen molar-refractivity contribution in [3.63, 3.8) is 0 Å². The lowest BCUT2D eigenvalue weighted by Crippen LogP contribution is -2.46. The molecule has 3 N–H and O–H groups in total. The molecule has 9 heteroatoms. The highest BCUT2D eigenvalue weighted by atomic mass is 31.2. The van der Waals surface area contributed by atoms with Crippen LogP contribution in [0.3, 0.4) is 0 Å². The largest absolute Gasteiger partial charge is 0.472 e. The maximum absolute atomic E-state index is 13.0. The molecule has 406 valence electrons. The first-order chi connectivity index (χ1) is 33.0. The molecule has 0 aromatic carbocycles. The van der Waals surface area contributed by atoms with E-state index in [0.29, 0.717) is 23.9 Å². The van der Waals surface area contributed by atoms with Crippen LogP contribution in [0, 0.1) is 0 Å². The number of nitrogens with zero attached hydrogens (tertiary/aromatic N) is 1.